The molecule has 0 fully saturated rings. The summed E-state index contributed by atoms with van der Waals surface area (Å²) in [6.45, 7) is 0.948. The topological polar surface area (TPSA) is 27.7 Å². The van der Waals surface area contributed by atoms with Crippen molar-refractivity contribution in [1.82, 2.24) is 0 Å². The van der Waals surface area contributed by atoms with E-state index in [-0.39, 0.29) is 0 Å². The quantitative estimate of drug-likeness (QED) is 0.562. The Bertz CT molecular complexity index is 67.3. The average molecular weight is 145 g/mol. The summed E-state index contributed by atoms with van der Waals surface area (Å²) in [5.74, 6) is 0. The molecule has 1 radical (unpaired) electrons. The van der Waals surface area contributed by atoms with Gasteiger partial charge in [-0.15, -0.1) is 0 Å². The molecule has 0 saturated heterocycles. The van der Waals surface area contributed by atoms with E-state index in [0.29, 0.717) is 0 Å². The van der Waals surface area contributed by atoms with Crippen molar-refractivity contribution in [2.75, 3.05) is 0 Å². The molecule has 0 bridgehead atoms. The van der Waals surface area contributed by atoms with Crippen LogP contribution in [0.4, 0.5) is 13.6 Å². The zero-order valence-electron chi connectivity index (χ0n) is 4.44. The first-order valence-corrected chi connectivity index (χ1v) is 1.93. The summed E-state index contributed by atoms with van der Waals surface area (Å²) in [7, 11) is 0. The summed E-state index contributed by atoms with van der Waals surface area (Å²) in [6, 6.07) is 0. The minimum Gasteiger partial charge on any atom is -0.179 e. The predicted molar refractivity (Wildman–Crippen MR) is 19.3 cm³/mol. The molecule has 0 aromatic carbocycles. The zero-order valence-corrected chi connectivity index (χ0v) is 4.44. The number of halogens is 3. The molecular weight excluding hydrogens is 141 g/mol. The lowest BCUT2D eigenvalue weighted by molar-refractivity contribution is -0.365. The number of hydrogen-bond acceptors (Lipinski definition) is 3. The van der Waals surface area contributed by atoms with E-state index in [4.69, 9.17) is 0 Å². The van der Waals surface area contributed by atoms with Crippen molar-refractivity contribution in [3.63, 3.8) is 0 Å². The van der Waals surface area contributed by atoms with Crippen LogP contribution in [-0.4, -0.2) is 6.29 Å². The Balaban J connectivity index is 3.50. The highest BCUT2D eigenvalue weighted by Crippen LogP contribution is 2.13. The van der Waals surface area contributed by atoms with Gasteiger partial charge in [0.1, 0.15) is 0 Å². The maximum atomic E-state index is 11.0. The molecule has 0 aliphatic rings. The maximum Gasteiger partial charge on any atom is 0.269 e. The molecule has 6 heteroatoms. The molecule has 55 valence electrons. The van der Waals surface area contributed by atoms with Crippen molar-refractivity contribution in [3.8, 4) is 0 Å². The molecule has 3 nitrogen and oxygen atoms in total. The van der Waals surface area contributed by atoms with Gasteiger partial charge in [0.2, 0.25) is 6.10 Å². The van der Waals surface area contributed by atoms with Gasteiger partial charge in [-0.05, 0) is 20.5 Å². The zero-order chi connectivity index (χ0) is 7.28. The SMILES string of the molecule is C[C](OF)C(OF)OF. The smallest absolute Gasteiger partial charge is 0.179 e. The highest BCUT2D eigenvalue weighted by Gasteiger charge is 2.23. The second-order valence-corrected chi connectivity index (χ2v) is 1.20. The van der Waals surface area contributed by atoms with Crippen LogP contribution >= 0.6 is 0 Å². The monoisotopic (exact) mass is 145 g/mol. The van der Waals surface area contributed by atoms with E-state index in [2.05, 4.69) is 14.8 Å². The molecule has 0 unspecified atom stereocenters. The molecule has 0 aromatic rings. The summed E-state index contributed by atoms with van der Waals surface area (Å²) in [5.41, 5.74) is 0. The van der Waals surface area contributed by atoms with Crippen LogP contribution in [0, 0.1) is 6.10 Å². The van der Waals surface area contributed by atoms with Gasteiger partial charge in [0.25, 0.3) is 6.29 Å². The number of rotatable bonds is 4. The van der Waals surface area contributed by atoms with Crippen molar-refractivity contribution in [2.24, 2.45) is 0 Å². The van der Waals surface area contributed by atoms with Gasteiger partial charge >= 0.3 is 0 Å². The summed E-state index contributed by atoms with van der Waals surface area (Å²) in [4.78, 5) is 8.39. The van der Waals surface area contributed by atoms with Gasteiger partial charge < -0.3 is 0 Å². The molecule has 0 amide bonds. The summed E-state index contributed by atoms with van der Waals surface area (Å²) < 4.78 is 32.9. The molecule has 0 aliphatic heterocycles. The molecule has 9 heavy (non-hydrogen) atoms. The van der Waals surface area contributed by atoms with Crippen molar-refractivity contribution >= 4 is 0 Å². The second kappa shape index (κ2) is 4.54. The van der Waals surface area contributed by atoms with E-state index in [1.807, 2.05) is 0 Å². The van der Waals surface area contributed by atoms with Gasteiger partial charge in [0.15, 0.2) is 0 Å². The van der Waals surface area contributed by atoms with Gasteiger partial charge in [0.05, 0.1) is 0 Å². The fourth-order valence-corrected chi connectivity index (χ4v) is 0.176. The lowest BCUT2D eigenvalue weighted by atomic mass is 10.4. The summed E-state index contributed by atoms with van der Waals surface area (Å²) >= 11 is 0. The van der Waals surface area contributed by atoms with Crippen molar-refractivity contribution < 1.29 is 28.4 Å². The van der Waals surface area contributed by atoms with Crippen molar-refractivity contribution in [1.29, 1.82) is 0 Å². The van der Waals surface area contributed by atoms with Gasteiger partial charge in [-0.3, -0.25) is 0 Å². The average Bonchev–Trinajstić information content (AvgIpc) is 1.90. The Hall–Kier alpha value is -0.330. The molecule has 0 atom stereocenters. The Kier molecular flexibility index (Phi) is 4.37. The van der Waals surface area contributed by atoms with Crippen molar-refractivity contribution in [3.05, 3.63) is 6.10 Å². The molecule has 0 N–H and O–H groups in total. The fraction of sp³-hybridized carbons (Fsp3) is 0.667. The van der Waals surface area contributed by atoms with Crippen molar-refractivity contribution in [2.45, 2.75) is 13.2 Å². The Morgan fingerprint density at radius 2 is 1.67 bits per heavy atom. The highest BCUT2D eigenvalue weighted by molar-refractivity contribution is 4.72. The van der Waals surface area contributed by atoms with E-state index in [0.717, 1.165) is 6.92 Å². The van der Waals surface area contributed by atoms with E-state index in [1.54, 1.807) is 0 Å². The summed E-state index contributed by atoms with van der Waals surface area (Å²) in [6.07, 6.45) is -2.74. The molecular formula is C3H4F3O3. The van der Waals surface area contributed by atoms with Crippen LogP contribution in [0.15, 0.2) is 0 Å². The van der Waals surface area contributed by atoms with Gasteiger partial charge in [-0.25, -0.2) is 0 Å². The van der Waals surface area contributed by atoms with E-state index in [1.165, 1.54) is 0 Å². The second-order valence-electron chi connectivity index (χ2n) is 1.20. The third-order valence-electron chi connectivity index (χ3n) is 0.615. The first-order chi connectivity index (χ1) is 4.26. The Labute approximate surface area is 49.0 Å². The van der Waals surface area contributed by atoms with Crippen LogP contribution in [0.3, 0.4) is 0 Å². The third-order valence-corrected chi connectivity index (χ3v) is 0.615. The maximum absolute atomic E-state index is 11.0. The van der Waals surface area contributed by atoms with Crippen LogP contribution in [0.2, 0.25) is 0 Å². The minimum absolute atomic E-state index is 0.694. The minimum atomic E-state index is -2.05. The first-order valence-electron chi connectivity index (χ1n) is 1.93. The predicted octanol–water partition coefficient (Wildman–Crippen LogP) is 1.57. The standard InChI is InChI=1S/C3H4F3O3/c1-2(7-4)3(8-5)9-6/h3H,1H3. The molecule has 0 aliphatic carbocycles. The lowest BCUT2D eigenvalue weighted by Crippen LogP contribution is -2.17. The normalized spacial score (nSPS) is 11.3. The summed E-state index contributed by atoms with van der Waals surface area (Å²) in [5, 5.41) is 0. The molecule has 0 spiro atoms. The highest BCUT2D eigenvalue weighted by atomic mass is 19.3. The van der Waals surface area contributed by atoms with Crippen LogP contribution in [-0.2, 0) is 14.8 Å². The van der Waals surface area contributed by atoms with Gasteiger partial charge in [0, 0.05) is 0 Å². The number of hydrogen-bond donors (Lipinski definition) is 0. The molecule has 0 aromatic heterocycles. The Morgan fingerprint density at radius 1 is 1.22 bits per heavy atom. The largest absolute Gasteiger partial charge is 0.269 e. The van der Waals surface area contributed by atoms with E-state index in [9.17, 15) is 13.6 Å². The van der Waals surface area contributed by atoms with Crippen LogP contribution in [0.25, 0.3) is 0 Å². The lowest BCUT2D eigenvalue weighted by Gasteiger charge is -2.07. The van der Waals surface area contributed by atoms with Crippen LogP contribution < -0.4 is 0 Å². The first kappa shape index (κ1) is 8.67. The van der Waals surface area contributed by atoms with Gasteiger partial charge in [-0.1, -0.05) is 0 Å². The van der Waals surface area contributed by atoms with E-state index >= 15 is 0 Å². The van der Waals surface area contributed by atoms with Gasteiger partial charge in [-0.2, -0.15) is 14.8 Å². The van der Waals surface area contributed by atoms with Crippen LogP contribution in [0.5, 0.6) is 0 Å². The molecule has 0 heterocycles. The fourth-order valence-electron chi connectivity index (χ4n) is 0.176. The van der Waals surface area contributed by atoms with E-state index < -0.39 is 12.4 Å². The third kappa shape index (κ3) is 2.64. The van der Waals surface area contributed by atoms with Crippen LogP contribution in [0.1, 0.15) is 6.92 Å². The molecule has 0 rings (SSSR count). The Morgan fingerprint density at radius 3 is 1.78 bits per heavy atom. The molecule has 0 saturated carbocycles.